The summed E-state index contributed by atoms with van der Waals surface area (Å²) in [5.41, 5.74) is 3.47. The number of amides is 1. The summed E-state index contributed by atoms with van der Waals surface area (Å²) in [6.45, 7) is 2.85. The Morgan fingerprint density at radius 2 is 2.04 bits per heavy atom. The van der Waals surface area contributed by atoms with E-state index in [1.807, 2.05) is 19.4 Å². The van der Waals surface area contributed by atoms with Crippen molar-refractivity contribution in [3.8, 4) is 0 Å². The van der Waals surface area contributed by atoms with Gasteiger partial charge in [-0.15, -0.1) is 0 Å². The molecule has 0 spiro atoms. The minimum absolute atomic E-state index is 0.00372. The van der Waals surface area contributed by atoms with E-state index in [0.717, 1.165) is 17.0 Å². The lowest BCUT2D eigenvalue weighted by Gasteiger charge is -2.31. The highest BCUT2D eigenvalue weighted by Gasteiger charge is 2.32. The van der Waals surface area contributed by atoms with Gasteiger partial charge in [0.2, 0.25) is 0 Å². The fraction of sp³-hybridized carbons (Fsp3) is 0.312. The Kier molecular flexibility index (Phi) is 3.37. The second-order valence-corrected chi connectivity index (χ2v) is 5.97. The Labute approximate surface area is 138 Å². The van der Waals surface area contributed by atoms with Gasteiger partial charge in [0.05, 0.1) is 36.0 Å². The van der Waals surface area contributed by atoms with Gasteiger partial charge < -0.3 is 9.88 Å². The summed E-state index contributed by atoms with van der Waals surface area (Å²) in [7, 11) is 1.88. The molecule has 3 aromatic heterocycles. The second-order valence-electron chi connectivity index (χ2n) is 5.97. The van der Waals surface area contributed by atoms with E-state index in [2.05, 4.69) is 25.0 Å². The average Bonchev–Trinajstić information content (AvgIpc) is 3.22. The molecule has 8 heteroatoms. The molecule has 0 radical (unpaired) electrons. The Morgan fingerprint density at radius 3 is 2.75 bits per heavy atom. The van der Waals surface area contributed by atoms with Crippen molar-refractivity contribution in [3.05, 3.63) is 59.5 Å². The summed E-state index contributed by atoms with van der Waals surface area (Å²) < 4.78 is 1.76. The normalized spacial score (nSPS) is 16.9. The monoisotopic (exact) mass is 323 g/mol. The van der Waals surface area contributed by atoms with Crippen LogP contribution in [0.2, 0.25) is 0 Å². The zero-order chi connectivity index (χ0) is 16.7. The molecule has 1 aliphatic heterocycles. The molecule has 0 saturated heterocycles. The van der Waals surface area contributed by atoms with E-state index in [4.69, 9.17) is 0 Å². The van der Waals surface area contributed by atoms with Gasteiger partial charge in [-0.2, -0.15) is 5.10 Å². The molecule has 3 aromatic rings. The van der Waals surface area contributed by atoms with Crippen molar-refractivity contribution in [2.24, 2.45) is 7.05 Å². The Balaban J connectivity index is 1.67. The number of imidazole rings is 1. The first kappa shape index (κ1) is 14.6. The predicted octanol–water partition coefficient (Wildman–Crippen LogP) is 1.03. The highest BCUT2D eigenvalue weighted by molar-refractivity contribution is 5.93. The standard InChI is InChI=1S/C16H17N7O/c1-10-17-3-11(4-18-10)16(24)23-7-13(12-5-21-22(2)6-12)15-14(8-23)19-9-20-15/h3-6,9,13H,7-8H2,1-2H3,(H,19,20). The number of nitrogens with one attached hydrogen (secondary N) is 1. The molecular formula is C16H17N7O. The van der Waals surface area contributed by atoms with Gasteiger partial charge in [-0.05, 0) is 6.92 Å². The van der Waals surface area contributed by atoms with Crippen molar-refractivity contribution in [3.63, 3.8) is 0 Å². The number of H-pyrrole nitrogens is 1. The van der Waals surface area contributed by atoms with Gasteiger partial charge in [0, 0.05) is 43.7 Å². The summed E-state index contributed by atoms with van der Waals surface area (Å²) in [5, 5.41) is 4.24. The molecule has 4 rings (SSSR count). The Hall–Kier alpha value is -3.03. The zero-order valence-electron chi connectivity index (χ0n) is 13.5. The van der Waals surface area contributed by atoms with Crippen LogP contribution in [-0.4, -0.2) is 47.1 Å². The Bertz CT molecular complexity index is 880. The lowest BCUT2D eigenvalue weighted by molar-refractivity contribution is 0.0721. The summed E-state index contributed by atoms with van der Waals surface area (Å²) >= 11 is 0. The number of rotatable bonds is 2. The maximum atomic E-state index is 12.8. The number of nitrogens with zero attached hydrogens (tertiary/aromatic N) is 6. The SMILES string of the molecule is Cc1ncc(C(=O)N2Cc3[nH]cnc3C(c3cnn(C)c3)C2)cn1. The maximum absolute atomic E-state index is 12.8. The van der Waals surface area contributed by atoms with Crippen molar-refractivity contribution in [2.45, 2.75) is 19.4 Å². The van der Waals surface area contributed by atoms with E-state index in [1.54, 1.807) is 35.2 Å². The third kappa shape index (κ3) is 2.45. The first-order valence-corrected chi connectivity index (χ1v) is 7.70. The number of hydrogen-bond donors (Lipinski definition) is 1. The third-order valence-corrected chi connectivity index (χ3v) is 4.28. The molecule has 8 nitrogen and oxygen atoms in total. The van der Waals surface area contributed by atoms with Crippen molar-refractivity contribution < 1.29 is 4.79 Å². The molecule has 0 bridgehead atoms. The van der Waals surface area contributed by atoms with Gasteiger partial charge >= 0.3 is 0 Å². The molecule has 122 valence electrons. The number of carbonyl (C=O) groups is 1. The fourth-order valence-corrected chi connectivity index (χ4v) is 3.04. The van der Waals surface area contributed by atoms with E-state index >= 15 is 0 Å². The van der Waals surface area contributed by atoms with Crippen LogP contribution in [0.15, 0.2) is 31.1 Å². The molecule has 4 heterocycles. The van der Waals surface area contributed by atoms with Crippen LogP contribution in [0.1, 0.15) is 39.1 Å². The van der Waals surface area contributed by atoms with Gasteiger partial charge in [-0.1, -0.05) is 0 Å². The topological polar surface area (TPSA) is 92.6 Å². The molecule has 0 aliphatic carbocycles. The predicted molar refractivity (Wildman–Crippen MR) is 85.1 cm³/mol. The van der Waals surface area contributed by atoms with Crippen LogP contribution in [0.4, 0.5) is 0 Å². The largest absolute Gasteiger partial charge is 0.347 e. The van der Waals surface area contributed by atoms with Crippen LogP contribution < -0.4 is 0 Å². The van der Waals surface area contributed by atoms with Crippen LogP contribution in [-0.2, 0) is 13.6 Å². The van der Waals surface area contributed by atoms with Crippen LogP contribution >= 0.6 is 0 Å². The van der Waals surface area contributed by atoms with Crippen LogP contribution in [0.25, 0.3) is 0 Å². The number of aryl methyl sites for hydroxylation is 2. The molecular weight excluding hydrogens is 306 g/mol. The van der Waals surface area contributed by atoms with Crippen molar-refractivity contribution in [1.29, 1.82) is 0 Å². The van der Waals surface area contributed by atoms with Gasteiger partial charge in [0.25, 0.3) is 5.91 Å². The second kappa shape index (κ2) is 5.55. The molecule has 1 aliphatic rings. The Morgan fingerprint density at radius 1 is 1.25 bits per heavy atom. The first-order chi connectivity index (χ1) is 11.6. The zero-order valence-corrected chi connectivity index (χ0v) is 13.5. The minimum atomic E-state index is -0.0795. The van der Waals surface area contributed by atoms with Gasteiger partial charge in [0.1, 0.15) is 5.82 Å². The maximum Gasteiger partial charge on any atom is 0.257 e. The van der Waals surface area contributed by atoms with Crippen LogP contribution in [0, 0.1) is 6.92 Å². The molecule has 0 aromatic carbocycles. The summed E-state index contributed by atoms with van der Waals surface area (Å²) in [5.74, 6) is 0.572. The van der Waals surface area contributed by atoms with Crippen LogP contribution in [0.3, 0.4) is 0 Å². The van der Waals surface area contributed by atoms with Gasteiger partial charge in [-0.25, -0.2) is 15.0 Å². The minimum Gasteiger partial charge on any atom is -0.347 e. The molecule has 0 fully saturated rings. The molecule has 1 unspecified atom stereocenters. The van der Waals surface area contributed by atoms with Gasteiger partial charge in [-0.3, -0.25) is 9.48 Å². The lowest BCUT2D eigenvalue weighted by Crippen LogP contribution is -2.38. The number of fused-ring (bicyclic) bond motifs is 1. The number of carbonyl (C=O) groups excluding carboxylic acids is 1. The number of aromatic nitrogens is 6. The van der Waals surface area contributed by atoms with Crippen molar-refractivity contribution in [2.75, 3.05) is 6.54 Å². The molecule has 1 amide bonds. The van der Waals surface area contributed by atoms with Crippen molar-refractivity contribution >= 4 is 5.91 Å². The first-order valence-electron chi connectivity index (χ1n) is 7.70. The van der Waals surface area contributed by atoms with E-state index < -0.39 is 0 Å². The quantitative estimate of drug-likeness (QED) is 0.760. The van der Waals surface area contributed by atoms with E-state index in [1.165, 1.54) is 0 Å². The van der Waals surface area contributed by atoms with Crippen molar-refractivity contribution in [1.82, 2.24) is 34.6 Å². The third-order valence-electron chi connectivity index (χ3n) is 4.28. The summed E-state index contributed by atoms with van der Waals surface area (Å²) in [4.78, 5) is 30.4. The fourth-order valence-electron chi connectivity index (χ4n) is 3.04. The molecule has 24 heavy (non-hydrogen) atoms. The highest BCUT2D eigenvalue weighted by atomic mass is 16.2. The van der Waals surface area contributed by atoms with E-state index in [0.29, 0.717) is 24.5 Å². The lowest BCUT2D eigenvalue weighted by atomic mass is 9.93. The molecule has 1 N–H and O–H groups in total. The highest BCUT2D eigenvalue weighted by Crippen LogP contribution is 2.31. The van der Waals surface area contributed by atoms with Crippen LogP contribution in [0.5, 0.6) is 0 Å². The van der Waals surface area contributed by atoms with E-state index in [-0.39, 0.29) is 11.8 Å². The summed E-state index contributed by atoms with van der Waals surface area (Å²) in [6, 6.07) is 0. The van der Waals surface area contributed by atoms with Gasteiger partial charge in [0.15, 0.2) is 0 Å². The van der Waals surface area contributed by atoms with E-state index in [9.17, 15) is 4.79 Å². The smallest absolute Gasteiger partial charge is 0.257 e. The number of hydrogen-bond acceptors (Lipinski definition) is 5. The number of aromatic amines is 1. The average molecular weight is 323 g/mol. The molecule has 1 atom stereocenters. The molecule has 0 saturated carbocycles. The summed E-state index contributed by atoms with van der Waals surface area (Å²) in [6.07, 6.45) is 8.62.